The average molecular weight is 218 g/mol. The molecule has 0 unspecified atom stereocenters. The lowest BCUT2D eigenvalue weighted by atomic mass is 9.94. The molecule has 0 aromatic heterocycles. The van der Waals surface area contributed by atoms with Crippen molar-refractivity contribution in [2.45, 2.75) is 44.5 Å². The van der Waals surface area contributed by atoms with Crippen molar-refractivity contribution < 1.29 is 14.6 Å². The topological polar surface area (TPSA) is 49.7 Å². The van der Waals surface area contributed by atoms with Crippen LogP contribution in [-0.2, 0) is 4.74 Å². The van der Waals surface area contributed by atoms with Gasteiger partial charge in [-0.15, -0.1) is 0 Å². The van der Waals surface area contributed by atoms with Crippen LogP contribution in [0.15, 0.2) is 0 Å². The number of aliphatic hydroxyl groups is 1. The van der Waals surface area contributed by atoms with E-state index in [0.717, 1.165) is 6.42 Å². The van der Waals surface area contributed by atoms with Crippen LogP contribution in [0.1, 0.15) is 20.3 Å². The zero-order valence-electron chi connectivity index (χ0n) is 9.58. The summed E-state index contributed by atoms with van der Waals surface area (Å²) in [4.78, 5) is 10.1. The van der Waals surface area contributed by atoms with Crippen molar-refractivity contribution in [3.05, 3.63) is 0 Å². The third kappa shape index (κ3) is 2.57. The first-order valence-electron chi connectivity index (χ1n) is 5.22. The van der Waals surface area contributed by atoms with E-state index in [1.54, 1.807) is 0 Å². The van der Waals surface area contributed by atoms with Crippen molar-refractivity contribution in [3.63, 3.8) is 0 Å². The van der Waals surface area contributed by atoms with Crippen molar-refractivity contribution in [2.24, 2.45) is 5.92 Å². The molecule has 4 heteroatoms. The molecule has 0 aliphatic carbocycles. The lowest BCUT2D eigenvalue weighted by Gasteiger charge is -2.37. The number of ether oxygens (including phenoxy) is 1. The average Bonchev–Trinajstić information content (AvgIpc) is 2.33. The molecule has 1 aliphatic rings. The minimum atomic E-state index is -2.15. The third-order valence-corrected chi connectivity index (χ3v) is 7.11. The van der Waals surface area contributed by atoms with Crippen LogP contribution in [-0.4, -0.2) is 37.5 Å². The summed E-state index contributed by atoms with van der Waals surface area (Å²) in [6, 6.07) is 0. The third-order valence-electron chi connectivity index (χ3n) is 3.59. The second-order valence-corrected chi connectivity index (χ2v) is 9.98. The molecule has 1 rings (SSSR count). The van der Waals surface area contributed by atoms with Gasteiger partial charge in [-0.2, -0.15) is 0 Å². The van der Waals surface area contributed by atoms with E-state index in [1.165, 1.54) is 0 Å². The summed E-state index contributed by atoms with van der Waals surface area (Å²) >= 11 is 0. The van der Waals surface area contributed by atoms with Gasteiger partial charge < -0.3 is 14.6 Å². The van der Waals surface area contributed by atoms with Gasteiger partial charge in [0.1, 0.15) is 0 Å². The molecule has 0 radical (unpaired) electrons. The molecule has 14 heavy (non-hydrogen) atoms. The summed E-state index contributed by atoms with van der Waals surface area (Å²) in [5.41, 5.74) is 0. The summed E-state index contributed by atoms with van der Waals surface area (Å²) in [6.07, 6.45) is 0.509. The van der Waals surface area contributed by atoms with Gasteiger partial charge in [0.25, 0.3) is 0 Å². The van der Waals surface area contributed by atoms with Crippen LogP contribution in [0.5, 0.6) is 0 Å². The summed E-state index contributed by atoms with van der Waals surface area (Å²) in [6.45, 7) is 9.17. The van der Waals surface area contributed by atoms with Crippen LogP contribution < -0.4 is 0 Å². The van der Waals surface area contributed by atoms with Gasteiger partial charge in [0.15, 0.2) is 8.32 Å². The Morgan fingerprint density at radius 3 is 2.29 bits per heavy atom. The molecule has 0 amide bonds. The van der Waals surface area contributed by atoms with E-state index in [0.29, 0.717) is 13.2 Å². The highest BCUT2D eigenvalue weighted by atomic mass is 28.4. The summed E-state index contributed by atoms with van der Waals surface area (Å²) in [7, 11) is -2.15. The van der Waals surface area contributed by atoms with Crippen LogP contribution in [0.2, 0.25) is 18.1 Å². The highest BCUT2D eigenvalue weighted by Gasteiger charge is 2.42. The van der Waals surface area contributed by atoms with Crippen molar-refractivity contribution in [1.82, 2.24) is 0 Å². The molecule has 0 aromatic carbocycles. The molecule has 1 heterocycles. The van der Waals surface area contributed by atoms with Gasteiger partial charge in [-0.3, -0.25) is 0 Å². The fourth-order valence-electron chi connectivity index (χ4n) is 1.69. The maximum Gasteiger partial charge on any atom is 0.188 e. The lowest BCUT2D eigenvalue weighted by molar-refractivity contribution is 0.114. The second-order valence-electron chi connectivity index (χ2n) is 5.51. The molecule has 0 bridgehead atoms. The minimum absolute atomic E-state index is 0.0631. The largest absolute Gasteiger partial charge is 0.432 e. The molecule has 0 saturated carbocycles. The standard InChI is InChI=1S/C10H22O3Si/c1-10(2,14(3,4)12)5-8-6-13-7-9(8)11/h8-9,11-12H,5-7H2,1-4H3/t8-,9-/m0/s1. The second kappa shape index (κ2) is 3.93. The first kappa shape index (κ1) is 12.2. The minimum Gasteiger partial charge on any atom is -0.432 e. The Morgan fingerprint density at radius 2 is 1.93 bits per heavy atom. The SMILES string of the molecule is CC(C)(C[C@H]1COC[C@@H]1O)[Si](C)(C)O. The van der Waals surface area contributed by atoms with Gasteiger partial charge in [-0.05, 0) is 24.6 Å². The van der Waals surface area contributed by atoms with E-state index in [-0.39, 0.29) is 17.1 Å². The zero-order valence-corrected chi connectivity index (χ0v) is 10.6. The predicted molar refractivity (Wildman–Crippen MR) is 58.7 cm³/mol. The van der Waals surface area contributed by atoms with Gasteiger partial charge in [-0.1, -0.05) is 13.8 Å². The van der Waals surface area contributed by atoms with E-state index in [1.807, 2.05) is 13.1 Å². The van der Waals surface area contributed by atoms with Crippen LogP contribution in [0, 0.1) is 5.92 Å². The van der Waals surface area contributed by atoms with Gasteiger partial charge in [-0.25, -0.2) is 0 Å². The number of hydrogen-bond donors (Lipinski definition) is 2. The highest BCUT2D eigenvalue weighted by Crippen LogP contribution is 2.43. The molecule has 0 spiro atoms. The number of hydrogen-bond acceptors (Lipinski definition) is 3. The Labute approximate surface area is 87.2 Å². The first-order chi connectivity index (χ1) is 6.24. The normalized spacial score (nSPS) is 29.6. The van der Waals surface area contributed by atoms with E-state index >= 15 is 0 Å². The molecular weight excluding hydrogens is 196 g/mol. The first-order valence-corrected chi connectivity index (χ1v) is 8.17. The lowest BCUT2D eigenvalue weighted by Crippen LogP contribution is -2.41. The van der Waals surface area contributed by atoms with Crippen molar-refractivity contribution in [3.8, 4) is 0 Å². The maximum atomic E-state index is 10.1. The molecule has 1 fully saturated rings. The monoisotopic (exact) mass is 218 g/mol. The van der Waals surface area contributed by atoms with Gasteiger partial charge in [0.2, 0.25) is 0 Å². The fourth-order valence-corrected chi connectivity index (χ4v) is 2.45. The van der Waals surface area contributed by atoms with Crippen molar-refractivity contribution >= 4 is 8.32 Å². The van der Waals surface area contributed by atoms with Gasteiger partial charge in [0.05, 0.1) is 19.3 Å². The number of rotatable bonds is 3. The Morgan fingerprint density at radius 1 is 1.36 bits per heavy atom. The van der Waals surface area contributed by atoms with Gasteiger partial charge in [0, 0.05) is 5.92 Å². The Hall–Kier alpha value is 0.0969. The molecule has 1 aliphatic heterocycles. The van der Waals surface area contributed by atoms with E-state index in [2.05, 4.69) is 13.8 Å². The number of aliphatic hydroxyl groups excluding tert-OH is 1. The van der Waals surface area contributed by atoms with Crippen molar-refractivity contribution in [2.75, 3.05) is 13.2 Å². The molecule has 84 valence electrons. The van der Waals surface area contributed by atoms with Crippen LogP contribution in [0.3, 0.4) is 0 Å². The van der Waals surface area contributed by atoms with Gasteiger partial charge >= 0.3 is 0 Å². The molecule has 1 saturated heterocycles. The summed E-state index contributed by atoms with van der Waals surface area (Å²) < 4.78 is 5.21. The van der Waals surface area contributed by atoms with E-state index in [9.17, 15) is 9.90 Å². The predicted octanol–water partition coefficient (Wildman–Crippen LogP) is 1.36. The van der Waals surface area contributed by atoms with Crippen LogP contribution in [0.25, 0.3) is 0 Å². The van der Waals surface area contributed by atoms with E-state index < -0.39 is 8.32 Å². The summed E-state index contributed by atoms with van der Waals surface area (Å²) in [5, 5.41) is 9.56. The smallest absolute Gasteiger partial charge is 0.188 e. The maximum absolute atomic E-state index is 10.1. The van der Waals surface area contributed by atoms with E-state index in [4.69, 9.17) is 4.74 Å². The molecule has 2 atom stereocenters. The van der Waals surface area contributed by atoms with Crippen LogP contribution >= 0.6 is 0 Å². The molecule has 3 nitrogen and oxygen atoms in total. The highest BCUT2D eigenvalue weighted by molar-refractivity contribution is 6.72. The Balaban J connectivity index is 2.58. The quantitative estimate of drug-likeness (QED) is 0.703. The summed E-state index contributed by atoms with van der Waals surface area (Å²) in [5.74, 6) is 0.198. The Kier molecular flexibility index (Phi) is 3.41. The zero-order chi connectivity index (χ0) is 11.0. The molecule has 0 aromatic rings. The fraction of sp³-hybridized carbons (Fsp3) is 1.00. The molecule has 2 N–H and O–H groups in total. The molecular formula is C10H22O3Si. The van der Waals surface area contributed by atoms with Crippen molar-refractivity contribution in [1.29, 1.82) is 0 Å². The van der Waals surface area contributed by atoms with Crippen LogP contribution in [0.4, 0.5) is 0 Å². The Bertz CT molecular complexity index is 198.